The van der Waals surface area contributed by atoms with Crippen LogP contribution < -0.4 is 9.64 Å². The Bertz CT molecular complexity index is 626. The molecule has 2 aromatic rings. The minimum absolute atomic E-state index is 0.550. The number of rotatable bonds is 5. The molecule has 0 N–H and O–H groups in total. The van der Waals surface area contributed by atoms with Gasteiger partial charge in [0.15, 0.2) is 0 Å². The number of thiophene rings is 1. The van der Waals surface area contributed by atoms with Gasteiger partial charge in [-0.2, -0.15) is 16.6 Å². The summed E-state index contributed by atoms with van der Waals surface area (Å²) in [6.45, 7) is 0.857. The first-order valence-electron chi connectivity index (χ1n) is 6.67. The van der Waals surface area contributed by atoms with Crippen LogP contribution in [0.4, 0.5) is 5.69 Å². The van der Waals surface area contributed by atoms with Gasteiger partial charge in [0.05, 0.1) is 18.4 Å². The Morgan fingerprint density at radius 3 is 2.85 bits per heavy atom. The molecule has 1 heterocycles. The molecule has 1 aliphatic carbocycles. The maximum atomic E-state index is 9.34. The van der Waals surface area contributed by atoms with E-state index in [1.807, 2.05) is 18.2 Å². The highest BCUT2D eigenvalue weighted by atomic mass is 32.1. The molecule has 1 fully saturated rings. The predicted octanol–water partition coefficient (Wildman–Crippen LogP) is 3.80. The van der Waals surface area contributed by atoms with E-state index in [0.29, 0.717) is 11.6 Å². The third-order valence-corrected chi connectivity index (χ3v) is 4.29. The molecule has 1 aromatic heterocycles. The van der Waals surface area contributed by atoms with Crippen molar-refractivity contribution in [3.05, 3.63) is 46.2 Å². The topological polar surface area (TPSA) is 36.3 Å². The fourth-order valence-corrected chi connectivity index (χ4v) is 3.01. The SMILES string of the molecule is COc1ccc(C#N)c(N(Cc2ccsc2)C2CC2)c1. The fraction of sp³-hybridized carbons (Fsp3) is 0.312. The molecule has 1 aliphatic rings. The Morgan fingerprint density at radius 2 is 2.25 bits per heavy atom. The first-order valence-corrected chi connectivity index (χ1v) is 7.62. The van der Waals surface area contributed by atoms with Crippen LogP contribution in [-0.2, 0) is 6.54 Å². The molecular weight excluding hydrogens is 268 g/mol. The number of hydrogen-bond donors (Lipinski definition) is 0. The quantitative estimate of drug-likeness (QED) is 0.838. The van der Waals surface area contributed by atoms with Crippen LogP contribution in [0.2, 0.25) is 0 Å². The van der Waals surface area contributed by atoms with Crippen molar-refractivity contribution >= 4 is 17.0 Å². The predicted molar refractivity (Wildman–Crippen MR) is 81.2 cm³/mol. The molecule has 0 saturated heterocycles. The summed E-state index contributed by atoms with van der Waals surface area (Å²) in [6.07, 6.45) is 2.40. The fourth-order valence-electron chi connectivity index (χ4n) is 2.35. The van der Waals surface area contributed by atoms with Gasteiger partial charge in [-0.3, -0.25) is 0 Å². The number of benzene rings is 1. The van der Waals surface area contributed by atoms with Crippen LogP contribution in [0.1, 0.15) is 24.0 Å². The molecule has 0 unspecified atom stereocenters. The summed E-state index contributed by atoms with van der Waals surface area (Å²) in [5.41, 5.74) is 3.00. The molecule has 3 nitrogen and oxygen atoms in total. The number of nitrogens with zero attached hydrogens (tertiary/aromatic N) is 2. The van der Waals surface area contributed by atoms with Crippen molar-refractivity contribution in [1.29, 1.82) is 5.26 Å². The largest absolute Gasteiger partial charge is 0.497 e. The maximum Gasteiger partial charge on any atom is 0.121 e. The molecule has 0 aliphatic heterocycles. The van der Waals surface area contributed by atoms with Gasteiger partial charge in [-0.15, -0.1) is 0 Å². The van der Waals surface area contributed by atoms with Gasteiger partial charge < -0.3 is 9.64 Å². The Kier molecular flexibility index (Phi) is 3.62. The minimum Gasteiger partial charge on any atom is -0.497 e. The van der Waals surface area contributed by atoms with E-state index in [1.165, 1.54) is 18.4 Å². The third-order valence-electron chi connectivity index (χ3n) is 3.56. The van der Waals surface area contributed by atoms with Crippen LogP contribution in [-0.4, -0.2) is 13.2 Å². The molecule has 0 bridgehead atoms. The van der Waals surface area contributed by atoms with Crippen molar-refractivity contribution in [1.82, 2.24) is 0 Å². The van der Waals surface area contributed by atoms with E-state index < -0.39 is 0 Å². The third kappa shape index (κ3) is 2.63. The first kappa shape index (κ1) is 13.0. The molecule has 102 valence electrons. The van der Waals surface area contributed by atoms with Gasteiger partial charge in [0, 0.05) is 18.7 Å². The van der Waals surface area contributed by atoms with Gasteiger partial charge in [0.1, 0.15) is 11.8 Å². The lowest BCUT2D eigenvalue weighted by Gasteiger charge is -2.25. The van der Waals surface area contributed by atoms with E-state index in [-0.39, 0.29) is 0 Å². The molecule has 0 spiro atoms. The van der Waals surface area contributed by atoms with E-state index in [2.05, 4.69) is 27.8 Å². The Balaban J connectivity index is 1.96. The van der Waals surface area contributed by atoms with Gasteiger partial charge in [-0.25, -0.2) is 0 Å². The Hall–Kier alpha value is -1.99. The van der Waals surface area contributed by atoms with E-state index in [9.17, 15) is 5.26 Å². The molecule has 0 atom stereocenters. The van der Waals surface area contributed by atoms with Crippen molar-refractivity contribution < 1.29 is 4.74 Å². The highest BCUT2D eigenvalue weighted by molar-refractivity contribution is 7.07. The normalized spacial score (nSPS) is 13.8. The van der Waals surface area contributed by atoms with Crippen LogP contribution >= 0.6 is 11.3 Å². The van der Waals surface area contributed by atoms with Crippen molar-refractivity contribution in [2.24, 2.45) is 0 Å². The Labute approximate surface area is 123 Å². The second-order valence-electron chi connectivity index (χ2n) is 4.99. The van der Waals surface area contributed by atoms with Crippen molar-refractivity contribution in [3.8, 4) is 11.8 Å². The monoisotopic (exact) mass is 284 g/mol. The number of ether oxygens (including phenoxy) is 1. The molecule has 1 saturated carbocycles. The average molecular weight is 284 g/mol. The van der Waals surface area contributed by atoms with Crippen molar-refractivity contribution in [2.45, 2.75) is 25.4 Å². The van der Waals surface area contributed by atoms with E-state index in [1.54, 1.807) is 18.4 Å². The summed E-state index contributed by atoms with van der Waals surface area (Å²) in [6, 6.07) is 10.7. The molecule has 0 amide bonds. The van der Waals surface area contributed by atoms with E-state index in [0.717, 1.165) is 18.0 Å². The highest BCUT2D eigenvalue weighted by Gasteiger charge is 2.30. The molecule has 1 aromatic carbocycles. The summed E-state index contributed by atoms with van der Waals surface area (Å²) in [5.74, 6) is 0.801. The molecule has 3 rings (SSSR count). The van der Waals surface area contributed by atoms with Gasteiger partial charge in [0.25, 0.3) is 0 Å². The second kappa shape index (κ2) is 5.56. The van der Waals surface area contributed by atoms with Crippen LogP contribution in [0.25, 0.3) is 0 Å². The van der Waals surface area contributed by atoms with Crippen LogP contribution in [0, 0.1) is 11.3 Å². The lowest BCUT2D eigenvalue weighted by molar-refractivity contribution is 0.414. The number of methoxy groups -OCH3 is 1. The summed E-state index contributed by atoms with van der Waals surface area (Å²) >= 11 is 1.71. The zero-order chi connectivity index (χ0) is 13.9. The van der Waals surface area contributed by atoms with Crippen LogP contribution in [0.5, 0.6) is 5.75 Å². The smallest absolute Gasteiger partial charge is 0.121 e. The van der Waals surface area contributed by atoms with Crippen molar-refractivity contribution in [3.63, 3.8) is 0 Å². The average Bonchev–Trinajstić information content (AvgIpc) is 3.20. The number of hydrogen-bond acceptors (Lipinski definition) is 4. The second-order valence-corrected chi connectivity index (χ2v) is 5.77. The van der Waals surface area contributed by atoms with Gasteiger partial charge in [-0.1, -0.05) is 0 Å². The molecule has 0 radical (unpaired) electrons. The van der Waals surface area contributed by atoms with E-state index in [4.69, 9.17) is 4.74 Å². The van der Waals surface area contributed by atoms with Crippen molar-refractivity contribution in [2.75, 3.05) is 12.0 Å². The molecule has 20 heavy (non-hydrogen) atoms. The van der Waals surface area contributed by atoms with Gasteiger partial charge in [-0.05, 0) is 47.4 Å². The number of nitriles is 1. The summed E-state index contributed by atoms with van der Waals surface area (Å²) in [7, 11) is 1.66. The summed E-state index contributed by atoms with van der Waals surface area (Å²) < 4.78 is 5.31. The maximum absolute atomic E-state index is 9.34. The number of anilines is 1. The lowest BCUT2D eigenvalue weighted by Crippen LogP contribution is -2.25. The Morgan fingerprint density at radius 1 is 1.40 bits per heavy atom. The molecular formula is C16H16N2OS. The zero-order valence-electron chi connectivity index (χ0n) is 11.4. The standard InChI is InChI=1S/C16H16N2OS/c1-19-15-5-2-13(9-17)16(8-15)18(14-3-4-14)10-12-6-7-20-11-12/h2,5-8,11,14H,3-4,10H2,1H3. The van der Waals surface area contributed by atoms with Gasteiger partial charge in [0.2, 0.25) is 0 Å². The first-order chi connectivity index (χ1) is 9.81. The van der Waals surface area contributed by atoms with Crippen LogP contribution in [0.15, 0.2) is 35.0 Å². The highest BCUT2D eigenvalue weighted by Crippen LogP contribution is 2.36. The van der Waals surface area contributed by atoms with E-state index >= 15 is 0 Å². The van der Waals surface area contributed by atoms with Gasteiger partial charge >= 0.3 is 0 Å². The summed E-state index contributed by atoms with van der Waals surface area (Å²) in [4.78, 5) is 2.34. The van der Waals surface area contributed by atoms with Crippen LogP contribution in [0.3, 0.4) is 0 Å². The summed E-state index contributed by atoms with van der Waals surface area (Å²) in [5, 5.41) is 13.6. The lowest BCUT2D eigenvalue weighted by atomic mass is 10.1. The zero-order valence-corrected chi connectivity index (χ0v) is 12.2. The minimum atomic E-state index is 0.550. The molecule has 4 heteroatoms.